The standard InChI is InChI=1S/C53H38N8OSi/c1-3-17-38(18-4-1)63(39-19-5-2-6-20-39,40-21-13-16-37(32-40)60-45-26-10-11-27-46(45)61-44-25-9-8-24-43(44)59-52(60)61)48-29-14-23-42-51(48)62-47-28-12-7-22-41(47)53(42,33-49-55-30-15-31-56-49)34-50-57-35-54-36-58-50/h1-32,35-36H,33-34H2/i34D2. The molecule has 0 radical (unpaired) electrons. The van der Waals surface area contributed by atoms with Crippen molar-refractivity contribution < 1.29 is 7.48 Å². The van der Waals surface area contributed by atoms with E-state index in [-0.39, 0.29) is 12.2 Å². The van der Waals surface area contributed by atoms with Crippen LogP contribution in [0.2, 0.25) is 0 Å². The summed E-state index contributed by atoms with van der Waals surface area (Å²) < 4.78 is 32.5. The van der Waals surface area contributed by atoms with Crippen LogP contribution in [-0.4, -0.2) is 46.9 Å². The molecule has 1 aliphatic heterocycles. The van der Waals surface area contributed by atoms with E-state index in [9.17, 15) is 2.74 Å². The lowest BCUT2D eigenvalue weighted by Crippen LogP contribution is -2.75. The van der Waals surface area contributed by atoms with Crippen molar-refractivity contribution in [1.29, 1.82) is 0 Å². The summed E-state index contributed by atoms with van der Waals surface area (Å²) in [5.74, 6) is 2.40. The number of hydrogen-bond donors (Lipinski definition) is 0. The zero-order valence-electron chi connectivity index (χ0n) is 35.8. The number of imidazole rings is 2. The monoisotopic (exact) mass is 832 g/mol. The van der Waals surface area contributed by atoms with E-state index in [2.05, 4.69) is 157 Å². The Morgan fingerprint density at radius 3 is 1.97 bits per heavy atom. The maximum atomic E-state index is 10.3. The second kappa shape index (κ2) is 14.8. The molecule has 9 nitrogen and oxygen atoms in total. The Balaban J connectivity index is 1.19. The van der Waals surface area contributed by atoms with Crippen molar-refractivity contribution in [2.24, 2.45) is 0 Å². The fourth-order valence-corrected chi connectivity index (χ4v) is 14.7. The average Bonchev–Trinajstić information content (AvgIpc) is 3.90. The molecule has 12 rings (SSSR count). The molecular weight excluding hydrogens is 793 g/mol. The van der Waals surface area contributed by atoms with E-state index in [0.29, 0.717) is 28.5 Å². The predicted molar refractivity (Wildman–Crippen MR) is 250 cm³/mol. The molecule has 0 saturated carbocycles. The smallest absolute Gasteiger partial charge is 0.220 e. The summed E-state index contributed by atoms with van der Waals surface area (Å²) in [7, 11) is -3.46. The van der Waals surface area contributed by atoms with E-state index in [4.69, 9.17) is 19.7 Å². The number of fused-ring (bicyclic) bond motifs is 7. The second-order valence-corrected chi connectivity index (χ2v) is 19.5. The molecule has 0 amide bonds. The Kier molecular flexibility index (Phi) is 8.14. The van der Waals surface area contributed by atoms with Gasteiger partial charge in [-0.2, -0.15) is 0 Å². The van der Waals surface area contributed by atoms with Gasteiger partial charge in [-0.05, 0) is 69.3 Å². The fraction of sp³-hybridized carbons (Fsp3) is 0.0566. The lowest BCUT2D eigenvalue weighted by molar-refractivity contribution is 0.379. The number of aromatic nitrogens is 8. The van der Waals surface area contributed by atoms with Gasteiger partial charge in [-0.15, -0.1) is 0 Å². The van der Waals surface area contributed by atoms with E-state index in [0.717, 1.165) is 54.3 Å². The molecule has 0 N–H and O–H groups in total. The van der Waals surface area contributed by atoms with Crippen LogP contribution in [0.5, 0.6) is 11.5 Å². The molecule has 1 atom stereocenters. The highest BCUT2D eigenvalue weighted by Crippen LogP contribution is 2.51. The van der Waals surface area contributed by atoms with Gasteiger partial charge in [-0.25, -0.2) is 29.9 Å². The van der Waals surface area contributed by atoms with Gasteiger partial charge in [0.25, 0.3) is 0 Å². The van der Waals surface area contributed by atoms with Crippen molar-refractivity contribution in [2.75, 3.05) is 0 Å². The minimum atomic E-state index is -3.46. The van der Waals surface area contributed by atoms with E-state index in [1.807, 2.05) is 42.5 Å². The summed E-state index contributed by atoms with van der Waals surface area (Å²) in [5, 5.41) is 4.32. The molecule has 63 heavy (non-hydrogen) atoms. The van der Waals surface area contributed by atoms with Gasteiger partial charge >= 0.3 is 0 Å². The molecule has 11 aromatic rings. The third kappa shape index (κ3) is 5.75. The predicted octanol–water partition coefficient (Wildman–Crippen LogP) is 7.66. The van der Waals surface area contributed by atoms with Crippen molar-refractivity contribution in [1.82, 2.24) is 38.9 Å². The van der Waals surface area contributed by atoms with Gasteiger partial charge in [0, 0.05) is 50.2 Å². The number of para-hydroxylation sites is 6. The molecule has 0 saturated heterocycles. The molecule has 0 aliphatic carbocycles. The Hall–Kier alpha value is -8.08. The minimum Gasteiger partial charge on any atom is -0.457 e. The van der Waals surface area contributed by atoms with Crippen molar-refractivity contribution in [3.63, 3.8) is 0 Å². The summed E-state index contributed by atoms with van der Waals surface area (Å²) in [6, 6.07) is 62.7. The molecule has 4 aromatic heterocycles. The Morgan fingerprint density at radius 2 is 1.19 bits per heavy atom. The third-order valence-corrected chi connectivity index (χ3v) is 17.1. The van der Waals surface area contributed by atoms with Gasteiger partial charge in [0.15, 0.2) is 8.07 Å². The van der Waals surface area contributed by atoms with Crippen LogP contribution in [0.15, 0.2) is 207 Å². The molecule has 300 valence electrons. The SMILES string of the molecule is [2H]C([2H])(c1ncncn1)C1(Cc2ncccn2)c2ccccc2Oc2c1cccc2[Si](c1ccccc1)(c1ccccc1)c1cccc(-n2c3ccccc3n3c4ccccc4nc23)c1. The van der Waals surface area contributed by atoms with Crippen molar-refractivity contribution >= 4 is 56.7 Å². The van der Waals surface area contributed by atoms with Crippen molar-refractivity contribution in [2.45, 2.75) is 18.2 Å². The highest BCUT2D eigenvalue weighted by molar-refractivity contribution is 7.20. The molecule has 5 heterocycles. The first-order valence-corrected chi connectivity index (χ1v) is 22.9. The van der Waals surface area contributed by atoms with Crippen LogP contribution in [0.25, 0.3) is 33.5 Å². The summed E-state index contributed by atoms with van der Waals surface area (Å²) >= 11 is 0. The van der Waals surface area contributed by atoms with Crippen LogP contribution < -0.4 is 25.5 Å². The van der Waals surface area contributed by atoms with Crippen LogP contribution in [0.4, 0.5) is 0 Å². The quantitative estimate of drug-likeness (QED) is 0.109. The zero-order chi connectivity index (χ0) is 43.6. The number of benzene rings is 7. The molecule has 0 spiro atoms. The Bertz CT molecular complexity index is 3510. The fourth-order valence-electron chi connectivity index (χ4n) is 9.79. The van der Waals surface area contributed by atoms with E-state index in [1.165, 1.54) is 12.7 Å². The second-order valence-electron chi connectivity index (χ2n) is 15.7. The largest absolute Gasteiger partial charge is 0.457 e. The first-order chi connectivity index (χ1) is 32.0. The van der Waals surface area contributed by atoms with Gasteiger partial charge in [0.1, 0.15) is 35.8 Å². The van der Waals surface area contributed by atoms with Crippen LogP contribution in [0.1, 0.15) is 25.5 Å². The number of nitrogens with zero attached hydrogens (tertiary/aromatic N) is 8. The topological polar surface area (TPSA) is 95.9 Å². The summed E-state index contributed by atoms with van der Waals surface area (Å²) in [6.45, 7) is 0. The third-order valence-electron chi connectivity index (χ3n) is 12.4. The first-order valence-electron chi connectivity index (χ1n) is 21.9. The number of rotatable bonds is 9. The summed E-state index contributed by atoms with van der Waals surface area (Å²) in [4.78, 5) is 27.7. The minimum absolute atomic E-state index is 0.00395. The van der Waals surface area contributed by atoms with Gasteiger partial charge in [-0.1, -0.05) is 133 Å². The molecule has 0 fully saturated rings. The van der Waals surface area contributed by atoms with Gasteiger partial charge in [-0.3, -0.25) is 8.97 Å². The molecule has 0 bridgehead atoms. The highest BCUT2D eigenvalue weighted by atomic mass is 28.3. The molecule has 1 unspecified atom stereocenters. The van der Waals surface area contributed by atoms with Gasteiger partial charge in [0.2, 0.25) is 5.78 Å². The van der Waals surface area contributed by atoms with Crippen LogP contribution >= 0.6 is 0 Å². The van der Waals surface area contributed by atoms with E-state index >= 15 is 0 Å². The van der Waals surface area contributed by atoms with Crippen molar-refractivity contribution in [3.05, 3.63) is 230 Å². The molecule has 10 heteroatoms. The molecule has 1 aliphatic rings. The van der Waals surface area contributed by atoms with Gasteiger partial charge in [0.05, 0.1) is 22.1 Å². The summed E-state index contributed by atoms with van der Waals surface area (Å²) in [5.41, 5.74) is 4.84. The highest BCUT2D eigenvalue weighted by Gasteiger charge is 2.50. The van der Waals surface area contributed by atoms with Gasteiger partial charge < -0.3 is 4.74 Å². The normalized spacial score (nSPS) is 15.4. The van der Waals surface area contributed by atoms with Crippen LogP contribution in [-0.2, 0) is 18.2 Å². The zero-order valence-corrected chi connectivity index (χ0v) is 34.8. The van der Waals surface area contributed by atoms with Crippen LogP contribution in [0, 0.1) is 0 Å². The Morgan fingerprint density at radius 1 is 0.556 bits per heavy atom. The Labute approximate surface area is 366 Å². The first kappa shape index (κ1) is 34.6. The summed E-state index contributed by atoms with van der Waals surface area (Å²) in [6.07, 6.45) is 3.93. The van der Waals surface area contributed by atoms with Crippen LogP contribution in [0.3, 0.4) is 0 Å². The maximum absolute atomic E-state index is 10.3. The lowest BCUT2D eigenvalue weighted by atomic mass is 9.67. The maximum Gasteiger partial charge on any atom is 0.220 e. The number of hydrogen-bond acceptors (Lipinski definition) is 7. The van der Waals surface area contributed by atoms with E-state index in [1.54, 1.807) is 18.5 Å². The molecular formula is C53H38N8OSi. The lowest BCUT2D eigenvalue weighted by Gasteiger charge is -2.43. The number of ether oxygens (including phenoxy) is 1. The van der Waals surface area contributed by atoms with Crippen molar-refractivity contribution in [3.8, 4) is 17.2 Å². The average molecular weight is 833 g/mol. The van der Waals surface area contributed by atoms with E-state index < -0.39 is 19.9 Å². The molecule has 7 aromatic carbocycles.